The minimum atomic E-state index is -0.985. The van der Waals surface area contributed by atoms with Crippen molar-refractivity contribution in [2.75, 3.05) is 5.32 Å². The number of anilines is 1. The van der Waals surface area contributed by atoms with E-state index in [9.17, 15) is 9.59 Å². The van der Waals surface area contributed by atoms with Crippen LogP contribution in [0.15, 0.2) is 42.5 Å². The maximum absolute atomic E-state index is 12.6. The summed E-state index contributed by atoms with van der Waals surface area (Å²) in [5.74, 6) is -0.536. The molecule has 0 aromatic heterocycles. The molecule has 6 heteroatoms. The first kappa shape index (κ1) is 17.8. The number of halogens is 2. The van der Waals surface area contributed by atoms with Crippen molar-refractivity contribution in [2.24, 2.45) is 5.41 Å². The molecule has 3 rings (SSSR count). The van der Waals surface area contributed by atoms with E-state index in [4.69, 9.17) is 23.2 Å². The molecule has 2 aromatic carbocycles. The van der Waals surface area contributed by atoms with Gasteiger partial charge in [-0.05, 0) is 55.2 Å². The Hall–Kier alpha value is -2.04. The second kappa shape index (κ2) is 7.06. The molecule has 130 valence electrons. The molecule has 0 spiro atoms. The van der Waals surface area contributed by atoms with Crippen molar-refractivity contribution in [2.45, 2.75) is 26.3 Å². The zero-order valence-electron chi connectivity index (χ0n) is 13.7. The monoisotopic (exact) mass is 376 g/mol. The summed E-state index contributed by atoms with van der Waals surface area (Å²) in [5, 5.41) is 6.91. The van der Waals surface area contributed by atoms with Crippen LogP contribution < -0.4 is 10.6 Å². The van der Waals surface area contributed by atoms with Gasteiger partial charge in [-0.2, -0.15) is 0 Å². The van der Waals surface area contributed by atoms with Gasteiger partial charge in [0.2, 0.25) is 11.8 Å². The van der Waals surface area contributed by atoms with Gasteiger partial charge in [-0.3, -0.25) is 9.59 Å². The number of amides is 2. The second-order valence-corrected chi connectivity index (χ2v) is 7.10. The molecule has 0 bridgehead atoms. The summed E-state index contributed by atoms with van der Waals surface area (Å²) in [5.41, 5.74) is 1.37. The van der Waals surface area contributed by atoms with Gasteiger partial charge in [0.15, 0.2) is 0 Å². The van der Waals surface area contributed by atoms with E-state index in [1.165, 1.54) is 0 Å². The third-order valence-corrected chi connectivity index (χ3v) is 5.16. The zero-order chi connectivity index (χ0) is 18.0. The topological polar surface area (TPSA) is 58.2 Å². The molecule has 0 heterocycles. The Morgan fingerprint density at radius 3 is 2.36 bits per heavy atom. The summed E-state index contributed by atoms with van der Waals surface area (Å²) in [4.78, 5) is 25.2. The lowest BCUT2D eigenvalue weighted by Crippen LogP contribution is -2.39. The molecule has 25 heavy (non-hydrogen) atoms. The predicted molar refractivity (Wildman–Crippen MR) is 99.8 cm³/mol. The smallest absolute Gasteiger partial charge is 0.240 e. The Morgan fingerprint density at radius 1 is 1.04 bits per heavy atom. The van der Waals surface area contributed by atoms with Gasteiger partial charge in [-0.25, -0.2) is 0 Å². The number of rotatable bonds is 5. The first-order valence-electron chi connectivity index (χ1n) is 8.02. The Balaban J connectivity index is 1.64. The minimum Gasteiger partial charge on any atom is -0.351 e. The number of carbonyl (C=O) groups is 2. The summed E-state index contributed by atoms with van der Waals surface area (Å²) in [6, 6.07) is 12.5. The van der Waals surface area contributed by atoms with Crippen molar-refractivity contribution in [1.82, 2.24) is 5.32 Å². The zero-order valence-corrected chi connectivity index (χ0v) is 15.2. The number of hydrogen-bond donors (Lipinski definition) is 2. The van der Waals surface area contributed by atoms with E-state index in [-0.39, 0.29) is 11.8 Å². The molecule has 1 fully saturated rings. The van der Waals surface area contributed by atoms with Crippen LogP contribution in [0.2, 0.25) is 10.0 Å². The van der Waals surface area contributed by atoms with Crippen LogP contribution in [0, 0.1) is 12.3 Å². The van der Waals surface area contributed by atoms with Crippen molar-refractivity contribution in [1.29, 1.82) is 0 Å². The van der Waals surface area contributed by atoms with Crippen molar-refractivity contribution >= 4 is 40.7 Å². The molecule has 1 saturated carbocycles. The standard InChI is InChI=1S/C19H18Cl2N2O2/c1-12-15(21)3-2-4-16(12)23-18(25)19(9-10-19)17(24)22-11-13-5-7-14(20)8-6-13/h2-8H,9-11H2,1H3,(H,22,24)(H,23,25). The molecule has 2 N–H and O–H groups in total. The van der Waals surface area contributed by atoms with Crippen molar-refractivity contribution in [3.8, 4) is 0 Å². The summed E-state index contributed by atoms with van der Waals surface area (Å²) in [7, 11) is 0. The SMILES string of the molecule is Cc1c(Cl)cccc1NC(=O)C1(C(=O)NCc2ccc(Cl)cc2)CC1. The minimum absolute atomic E-state index is 0.250. The van der Waals surface area contributed by atoms with E-state index in [1.54, 1.807) is 30.3 Å². The summed E-state index contributed by atoms with van der Waals surface area (Å²) in [6.45, 7) is 2.19. The number of nitrogens with one attached hydrogen (secondary N) is 2. The third-order valence-electron chi connectivity index (χ3n) is 4.50. The normalized spacial score (nSPS) is 14.7. The van der Waals surface area contributed by atoms with E-state index < -0.39 is 5.41 Å². The predicted octanol–water partition coefficient (Wildman–Crippen LogP) is 4.34. The lowest BCUT2D eigenvalue weighted by molar-refractivity contribution is -0.134. The first-order chi connectivity index (χ1) is 11.9. The first-order valence-corrected chi connectivity index (χ1v) is 8.77. The quantitative estimate of drug-likeness (QED) is 0.762. The lowest BCUT2D eigenvalue weighted by Gasteiger charge is -2.17. The molecule has 0 radical (unpaired) electrons. The summed E-state index contributed by atoms with van der Waals surface area (Å²) < 4.78 is 0. The highest BCUT2D eigenvalue weighted by atomic mass is 35.5. The average Bonchev–Trinajstić information content (AvgIpc) is 3.40. The van der Waals surface area contributed by atoms with E-state index in [2.05, 4.69) is 10.6 Å². The van der Waals surface area contributed by atoms with Crippen LogP contribution in [-0.2, 0) is 16.1 Å². The summed E-state index contributed by atoms with van der Waals surface area (Å²) in [6.07, 6.45) is 1.09. The molecular formula is C19H18Cl2N2O2. The molecule has 0 aliphatic heterocycles. The van der Waals surface area contributed by atoms with Gasteiger partial charge < -0.3 is 10.6 Å². The number of hydrogen-bond acceptors (Lipinski definition) is 2. The van der Waals surface area contributed by atoms with Gasteiger partial charge in [0.05, 0.1) is 0 Å². The second-order valence-electron chi connectivity index (χ2n) is 6.26. The fraction of sp³-hybridized carbons (Fsp3) is 0.263. The molecule has 1 aliphatic rings. The maximum atomic E-state index is 12.6. The molecule has 0 saturated heterocycles. The molecule has 0 unspecified atom stereocenters. The average molecular weight is 377 g/mol. The van der Waals surface area contributed by atoms with Crippen molar-refractivity contribution in [3.05, 3.63) is 63.6 Å². The van der Waals surface area contributed by atoms with Crippen LogP contribution in [0.5, 0.6) is 0 Å². The third kappa shape index (κ3) is 3.80. The van der Waals surface area contributed by atoms with Crippen LogP contribution in [0.1, 0.15) is 24.0 Å². The van der Waals surface area contributed by atoms with Crippen LogP contribution >= 0.6 is 23.2 Å². The molecule has 2 amide bonds. The lowest BCUT2D eigenvalue weighted by atomic mass is 10.0. The van der Waals surface area contributed by atoms with E-state index in [0.717, 1.165) is 11.1 Å². The van der Waals surface area contributed by atoms with Crippen LogP contribution in [-0.4, -0.2) is 11.8 Å². The van der Waals surface area contributed by atoms with Crippen LogP contribution in [0.25, 0.3) is 0 Å². The molecule has 2 aromatic rings. The highest BCUT2D eigenvalue weighted by Gasteiger charge is 2.56. The molecular weight excluding hydrogens is 359 g/mol. The molecule has 0 atom stereocenters. The highest BCUT2D eigenvalue weighted by Crippen LogP contribution is 2.47. The number of carbonyl (C=O) groups excluding carboxylic acids is 2. The van der Waals surface area contributed by atoms with E-state index in [1.807, 2.05) is 19.1 Å². The summed E-state index contributed by atoms with van der Waals surface area (Å²) >= 11 is 11.9. The molecule has 1 aliphatic carbocycles. The Bertz CT molecular complexity index is 815. The van der Waals surface area contributed by atoms with E-state index >= 15 is 0 Å². The van der Waals surface area contributed by atoms with Crippen molar-refractivity contribution in [3.63, 3.8) is 0 Å². The largest absolute Gasteiger partial charge is 0.351 e. The van der Waals surface area contributed by atoms with Gasteiger partial charge in [-0.1, -0.05) is 41.4 Å². The number of benzene rings is 2. The van der Waals surface area contributed by atoms with Crippen LogP contribution in [0.3, 0.4) is 0 Å². The Labute approximate surface area is 156 Å². The molecule has 4 nitrogen and oxygen atoms in total. The van der Waals surface area contributed by atoms with Gasteiger partial charge in [0.1, 0.15) is 5.41 Å². The van der Waals surface area contributed by atoms with E-state index in [0.29, 0.717) is 35.1 Å². The Morgan fingerprint density at radius 2 is 1.72 bits per heavy atom. The fourth-order valence-electron chi connectivity index (χ4n) is 2.62. The maximum Gasteiger partial charge on any atom is 0.240 e. The van der Waals surface area contributed by atoms with Gasteiger partial charge in [0, 0.05) is 22.3 Å². The van der Waals surface area contributed by atoms with Crippen molar-refractivity contribution < 1.29 is 9.59 Å². The fourth-order valence-corrected chi connectivity index (χ4v) is 2.92. The van der Waals surface area contributed by atoms with Gasteiger partial charge in [-0.15, -0.1) is 0 Å². The highest BCUT2D eigenvalue weighted by molar-refractivity contribution is 6.32. The van der Waals surface area contributed by atoms with Gasteiger partial charge in [0.25, 0.3) is 0 Å². The van der Waals surface area contributed by atoms with Gasteiger partial charge >= 0.3 is 0 Å². The Kier molecular flexibility index (Phi) is 5.02. The van der Waals surface area contributed by atoms with Crippen LogP contribution in [0.4, 0.5) is 5.69 Å².